The van der Waals surface area contributed by atoms with Crippen molar-refractivity contribution in [3.63, 3.8) is 0 Å². The van der Waals surface area contributed by atoms with E-state index in [1.165, 1.54) is 17.5 Å². The minimum atomic E-state index is 0. The normalized spacial score (nSPS) is 24.5. The van der Waals surface area contributed by atoms with Crippen molar-refractivity contribution >= 4 is 56.6 Å². The molecule has 142 valence electrons. The van der Waals surface area contributed by atoms with E-state index in [0.29, 0.717) is 24.8 Å². The summed E-state index contributed by atoms with van der Waals surface area (Å²) in [5, 5.41) is 11.2. The summed E-state index contributed by atoms with van der Waals surface area (Å²) in [5.41, 5.74) is 1.05. The molecule has 6 nitrogen and oxygen atoms in total. The van der Waals surface area contributed by atoms with E-state index in [1.807, 2.05) is 18.2 Å². The first-order valence-corrected chi connectivity index (χ1v) is 9.93. The van der Waals surface area contributed by atoms with Gasteiger partial charge in [0.05, 0.1) is 35.0 Å². The lowest BCUT2D eigenvalue weighted by Crippen LogP contribution is -2.47. The van der Waals surface area contributed by atoms with E-state index in [-0.39, 0.29) is 24.0 Å². The van der Waals surface area contributed by atoms with E-state index in [4.69, 9.17) is 4.74 Å². The Morgan fingerprint density at radius 1 is 1.35 bits per heavy atom. The zero-order chi connectivity index (χ0) is 17.1. The zero-order valence-electron chi connectivity index (χ0n) is 14.9. The molecular weight excluding hydrogens is 461 g/mol. The molecule has 26 heavy (non-hydrogen) atoms. The molecule has 1 aromatic carbocycles. The van der Waals surface area contributed by atoms with Crippen LogP contribution in [0.4, 0.5) is 5.13 Å². The van der Waals surface area contributed by atoms with Gasteiger partial charge in [-0.3, -0.25) is 4.99 Å². The third-order valence-electron chi connectivity index (χ3n) is 4.72. The number of nitrogens with zero attached hydrogens (tertiary/aromatic N) is 2. The molecule has 0 amide bonds. The van der Waals surface area contributed by atoms with Gasteiger partial charge in [0.15, 0.2) is 11.1 Å². The Morgan fingerprint density at radius 3 is 2.96 bits per heavy atom. The molecule has 2 saturated heterocycles. The van der Waals surface area contributed by atoms with Gasteiger partial charge in [-0.05, 0) is 38.3 Å². The Bertz CT molecular complexity index is 719. The molecule has 0 aliphatic carbocycles. The molecule has 0 radical (unpaired) electrons. The molecule has 3 N–H and O–H groups in total. The number of fused-ring (bicyclic) bond motifs is 3. The highest BCUT2D eigenvalue weighted by molar-refractivity contribution is 14.0. The predicted molar refractivity (Wildman–Crippen MR) is 119 cm³/mol. The van der Waals surface area contributed by atoms with E-state index in [0.717, 1.165) is 36.1 Å². The summed E-state index contributed by atoms with van der Waals surface area (Å²) in [4.78, 5) is 9.27. The van der Waals surface area contributed by atoms with Crippen molar-refractivity contribution < 1.29 is 4.74 Å². The van der Waals surface area contributed by atoms with Crippen LogP contribution in [-0.4, -0.2) is 48.8 Å². The monoisotopic (exact) mass is 487 g/mol. The van der Waals surface area contributed by atoms with Crippen molar-refractivity contribution in [3.05, 3.63) is 24.3 Å². The topological polar surface area (TPSA) is 70.6 Å². The van der Waals surface area contributed by atoms with Gasteiger partial charge >= 0.3 is 0 Å². The van der Waals surface area contributed by atoms with E-state index in [9.17, 15) is 0 Å². The van der Waals surface area contributed by atoms with Crippen molar-refractivity contribution in [2.75, 3.05) is 25.0 Å². The van der Waals surface area contributed by atoms with Crippen LogP contribution >= 0.6 is 35.3 Å². The number of nitrogens with one attached hydrogen (secondary N) is 3. The largest absolute Gasteiger partial charge is 0.373 e. The van der Waals surface area contributed by atoms with E-state index >= 15 is 0 Å². The minimum absolute atomic E-state index is 0. The number of thiazole rings is 1. The van der Waals surface area contributed by atoms with Gasteiger partial charge in [-0.2, -0.15) is 0 Å². The number of benzene rings is 1. The molecule has 2 bridgehead atoms. The SMILES string of the molecule is CCNC(=NCCNc1nc2ccccc2s1)NC1CC2CCC1O2.I. The average molecular weight is 487 g/mol. The van der Waals surface area contributed by atoms with Crippen LogP contribution in [-0.2, 0) is 4.74 Å². The highest BCUT2D eigenvalue weighted by Gasteiger charge is 2.41. The summed E-state index contributed by atoms with van der Waals surface area (Å²) in [5.74, 6) is 0.884. The van der Waals surface area contributed by atoms with Crippen LogP contribution in [0.3, 0.4) is 0 Å². The molecule has 4 rings (SSSR count). The Morgan fingerprint density at radius 2 is 2.23 bits per heavy atom. The molecule has 2 fully saturated rings. The van der Waals surface area contributed by atoms with Crippen LogP contribution in [0.25, 0.3) is 10.2 Å². The number of rotatable bonds is 6. The second-order valence-electron chi connectivity index (χ2n) is 6.53. The standard InChI is InChI=1S/C18H25N5OS.HI/c1-2-19-17(22-14-11-12-7-8-15(14)24-12)20-9-10-21-18-23-13-5-3-4-6-16(13)25-18;/h3-6,12,14-15H,2,7-11H2,1H3,(H,21,23)(H2,19,20,22);1H. The fourth-order valence-corrected chi connectivity index (χ4v) is 4.46. The van der Waals surface area contributed by atoms with Crippen LogP contribution in [0.15, 0.2) is 29.3 Å². The summed E-state index contributed by atoms with van der Waals surface area (Å²) in [7, 11) is 0. The first-order chi connectivity index (χ1) is 12.3. The number of guanidine groups is 1. The number of aliphatic imine (C=N–C) groups is 1. The minimum Gasteiger partial charge on any atom is -0.373 e. The number of anilines is 1. The van der Waals surface area contributed by atoms with Gasteiger partial charge < -0.3 is 20.7 Å². The van der Waals surface area contributed by atoms with Crippen LogP contribution in [0, 0.1) is 0 Å². The second kappa shape index (κ2) is 9.18. The molecule has 2 aromatic rings. The molecule has 3 heterocycles. The summed E-state index contributed by atoms with van der Waals surface area (Å²) >= 11 is 1.68. The third-order valence-corrected chi connectivity index (χ3v) is 5.72. The molecule has 2 aliphatic heterocycles. The average Bonchev–Trinajstić information content (AvgIpc) is 3.33. The van der Waals surface area contributed by atoms with Crippen LogP contribution in [0.2, 0.25) is 0 Å². The second-order valence-corrected chi connectivity index (χ2v) is 7.57. The number of halogens is 1. The van der Waals surface area contributed by atoms with Gasteiger partial charge in [0.1, 0.15) is 0 Å². The lowest BCUT2D eigenvalue weighted by Gasteiger charge is -2.22. The molecule has 0 spiro atoms. The Kier molecular flexibility index (Phi) is 6.93. The molecular formula is C18H26IN5OS. The summed E-state index contributed by atoms with van der Waals surface area (Å²) in [6.07, 6.45) is 4.28. The first-order valence-electron chi connectivity index (χ1n) is 9.11. The van der Waals surface area contributed by atoms with Crippen molar-refractivity contribution in [3.8, 4) is 0 Å². The summed E-state index contributed by atoms with van der Waals surface area (Å²) in [6.45, 7) is 4.42. The number of aromatic nitrogens is 1. The Labute approximate surface area is 175 Å². The number of para-hydroxylation sites is 1. The maximum Gasteiger partial charge on any atom is 0.191 e. The molecule has 2 aliphatic rings. The van der Waals surface area contributed by atoms with Gasteiger partial charge in [-0.25, -0.2) is 4.98 Å². The van der Waals surface area contributed by atoms with E-state index < -0.39 is 0 Å². The fourth-order valence-electron chi connectivity index (χ4n) is 3.56. The van der Waals surface area contributed by atoms with E-state index in [2.05, 4.69) is 38.9 Å². The number of ether oxygens (including phenoxy) is 1. The van der Waals surface area contributed by atoms with Crippen LogP contribution in [0.1, 0.15) is 26.2 Å². The fraction of sp³-hybridized carbons (Fsp3) is 0.556. The Hall–Kier alpha value is -1.13. The molecule has 3 unspecified atom stereocenters. The van der Waals surface area contributed by atoms with Crippen molar-refractivity contribution in [2.45, 2.75) is 44.4 Å². The number of hydrogen-bond donors (Lipinski definition) is 3. The first kappa shape index (κ1) is 19.6. The highest BCUT2D eigenvalue weighted by atomic mass is 127. The van der Waals surface area contributed by atoms with Crippen LogP contribution < -0.4 is 16.0 Å². The van der Waals surface area contributed by atoms with Gasteiger partial charge in [0.25, 0.3) is 0 Å². The van der Waals surface area contributed by atoms with Crippen molar-refractivity contribution in [1.29, 1.82) is 0 Å². The third kappa shape index (κ3) is 4.58. The van der Waals surface area contributed by atoms with Gasteiger partial charge in [0.2, 0.25) is 0 Å². The molecule has 3 atom stereocenters. The lowest BCUT2D eigenvalue weighted by atomic mass is 9.96. The quantitative estimate of drug-likeness (QED) is 0.253. The summed E-state index contributed by atoms with van der Waals surface area (Å²) in [6, 6.07) is 8.60. The lowest BCUT2D eigenvalue weighted by molar-refractivity contribution is 0.0992. The molecule has 8 heteroatoms. The predicted octanol–water partition coefficient (Wildman–Crippen LogP) is 3.20. The van der Waals surface area contributed by atoms with Crippen molar-refractivity contribution in [2.24, 2.45) is 4.99 Å². The number of hydrogen-bond acceptors (Lipinski definition) is 5. The Balaban J connectivity index is 0.00000196. The van der Waals surface area contributed by atoms with Gasteiger partial charge in [0, 0.05) is 13.1 Å². The maximum atomic E-state index is 5.91. The van der Waals surface area contributed by atoms with Gasteiger partial charge in [-0.15, -0.1) is 24.0 Å². The smallest absolute Gasteiger partial charge is 0.191 e. The van der Waals surface area contributed by atoms with Crippen LogP contribution in [0.5, 0.6) is 0 Å². The maximum absolute atomic E-state index is 5.91. The van der Waals surface area contributed by atoms with E-state index in [1.54, 1.807) is 11.3 Å². The summed E-state index contributed by atoms with van der Waals surface area (Å²) < 4.78 is 7.12. The van der Waals surface area contributed by atoms with Crippen molar-refractivity contribution in [1.82, 2.24) is 15.6 Å². The zero-order valence-corrected chi connectivity index (χ0v) is 18.1. The highest BCUT2D eigenvalue weighted by Crippen LogP contribution is 2.34. The molecule has 1 aromatic heterocycles. The van der Waals surface area contributed by atoms with Gasteiger partial charge in [-0.1, -0.05) is 23.5 Å². The molecule has 0 saturated carbocycles.